The number of ether oxygens (including phenoxy) is 1. The lowest BCUT2D eigenvalue weighted by molar-refractivity contribution is 0.420. The minimum atomic E-state index is 0.935. The molecule has 0 N–H and O–H groups in total. The first kappa shape index (κ1) is 11.3. The van der Waals surface area contributed by atoms with Crippen molar-refractivity contribution in [3.05, 3.63) is 66.7 Å². The molecule has 0 heterocycles. The third-order valence-corrected chi connectivity index (χ3v) is 3.95. The van der Waals surface area contributed by atoms with Gasteiger partial charge < -0.3 is 4.74 Å². The van der Waals surface area contributed by atoms with Crippen LogP contribution >= 0.6 is 0 Å². The monoisotopic (exact) mass is 258 g/mol. The van der Waals surface area contributed by atoms with E-state index in [-0.39, 0.29) is 0 Å². The van der Waals surface area contributed by atoms with E-state index in [9.17, 15) is 0 Å². The first-order chi connectivity index (χ1) is 9.90. The Morgan fingerprint density at radius 3 is 1.55 bits per heavy atom. The summed E-state index contributed by atoms with van der Waals surface area (Å²) in [7, 11) is 1.73. The number of fused-ring (bicyclic) bond motifs is 6. The highest BCUT2D eigenvalue weighted by molar-refractivity contribution is 6.26. The van der Waals surface area contributed by atoms with Crippen molar-refractivity contribution in [2.45, 2.75) is 0 Å². The zero-order chi connectivity index (χ0) is 13.5. The van der Waals surface area contributed by atoms with Crippen molar-refractivity contribution >= 4 is 32.3 Å². The Morgan fingerprint density at radius 1 is 0.550 bits per heavy atom. The Bertz CT molecular complexity index is 893. The second-order valence-corrected chi connectivity index (χ2v) is 4.97. The maximum absolute atomic E-state index is 5.58. The van der Waals surface area contributed by atoms with Crippen LogP contribution in [0, 0.1) is 0 Å². The van der Waals surface area contributed by atoms with Crippen LogP contribution in [0.4, 0.5) is 0 Å². The summed E-state index contributed by atoms with van der Waals surface area (Å²) in [5.74, 6) is 0.935. The van der Waals surface area contributed by atoms with Gasteiger partial charge in [0.15, 0.2) is 0 Å². The number of rotatable bonds is 1. The van der Waals surface area contributed by atoms with Gasteiger partial charge in [-0.05, 0) is 33.0 Å². The van der Waals surface area contributed by atoms with Crippen molar-refractivity contribution < 1.29 is 4.74 Å². The molecule has 0 aromatic heterocycles. The molecule has 96 valence electrons. The van der Waals surface area contributed by atoms with Crippen LogP contribution in [0.3, 0.4) is 0 Å². The normalized spacial score (nSPS) is 11.2. The molecule has 0 aliphatic rings. The second-order valence-electron chi connectivity index (χ2n) is 4.97. The van der Waals surface area contributed by atoms with Crippen LogP contribution in [-0.2, 0) is 0 Å². The van der Waals surface area contributed by atoms with E-state index in [1.807, 2.05) is 6.07 Å². The molecule has 0 bridgehead atoms. The number of hydrogen-bond donors (Lipinski definition) is 0. The average molecular weight is 258 g/mol. The Balaban J connectivity index is 2.42. The van der Waals surface area contributed by atoms with Gasteiger partial charge in [-0.2, -0.15) is 0 Å². The molecular formula is C19H14O. The van der Waals surface area contributed by atoms with Gasteiger partial charge in [-0.3, -0.25) is 0 Å². The highest BCUT2D eigenvalue weighted by Crippen LogP contribution is 2.39. The molecule has 0 saturated carbocycles. The maximum Gasteiger partial charge on any atom is 0.127 e. The van der Waals surface area contributed by atoms with E-state index in [1.165, 1.54) is 32.3 Å². The average Bonchev–Trinajstić information content (AvgIpc) is 2.54. The fourth-order valence-electron chi connectivity index (χ4n) is 3.09. The van der Waals surface area contributed by atoms with E-state index in [1.54, 1.807) is 7.11 Å². The van der Waals surface area contributed by atoms with Crippen molar-refractivity contribution in [2.24, 2.45) is 0 Å². The molecule has 4 rings (SSSR count). The lowest BCUT2D eigenvalue weighted by atomic mass is 9.94. The van der Waals surface area contributed by atoms with Crippen LogP contribution in [-0.4, -0.2) is 7.11 Å². The van der Waals surface area contributed by atoms with Gasteiger partial charge in [0.2, 0.25) is 0 Å². The molecule has 4 aromatic rings. The van der Waals surface area contributed by atoms with Gasteiger partial charge in [-0.1, -0.05) is 60.7 Å². The van der Waals surface area contributed by atoms with Gasteiger partial charge in [0.05, 0.1) is 7.11 Å². The second kappa shape index (κ2) is 4.24. The van der Waals surface area contributed by atoms with E-state index in [2.05, 4.69) is 60.7 Å². The Morgan fingerprint density at radius 2 is 1.00 bits per heavy atom. The third kappa shape index (κ3) is 1.44. The van der Waals surface area contributed by atoms with Crippen LogP contribution in [0.2, 0.25) is 0 Å². The van der Waals surface area contributed by atoms with Gasteiger partial charge in [0, 0.05) is 5.39 Å². The summed E-state index contributed by atoms with van der Waals surface area (Å²) in [5, 5.41) is 7.55. The van der Waals surface area contributed by atoms with Gasteiger partial charge >= 0.3 is 0 Å². The molecule has 1 nitrogen and oxygen atoms in total. The smallest absolute Gasteiger partial charge is 0.127 e. The lowest BCUT2D eigenvalue weighted by Gasteiger charge is -2.12. The zero-order valence-electron chi connectivity index (χ0n) is 11.3. The van der Waals surface area contributed by atoms with E-state index in [0.29, 0.717) is 0 Å². The predicted molar refractivity (Wildman–Crippen MR) is 85.5 cm³/mol. The number of benzene rings is 4. The Labute approximate surface area is 117 Å². The molecule has 0 aliphatic carbocycles. The first-order valence-corrected chi connectivity index (χ1v) is 6.76. The van der Waals surface area contributed by atoms with Gasteiger partial charge in [0.1, 0.15) is 5.75 Å². The SMILES string of the molecule is COc1cccc2c3ccccc3c3ccccc3c12. The summed E-state index contributed by atoms with van der Waals surface area (Å²) >= 11 is 0. The minimum Gasteiger partial charge on any atom is -0.496 e. The largest absolute Gasteiger partial charge is 0.496 e. The summed E-state index contributed by atoms with van der Waals surface area (Å²) in [4.78, 5) is 0. The highest BCUT2D eigenvalue weighted by Gasteiger charge is 2.10. The van der Waals surface area contributed by atoms with Crippen molar-refractivity contribution in [2.75, 3.05) is 7.11 Å². The van der Waals surface area contributed by atoms with Crippen LogP contribution < -0.4 is 4.74 Å². The molecule has 0 amide bonds. The summed E-state index contributed by atoms with van der Waals surface area (Å²) in [6, 6.07) is 23.4. The van der Waals surface area contributed by atoms with Crippen molar-refractivity contribution in [1.82, 2.24) is 0 Å². The third-order valence-electron chi connectivity index (χ3n) is 3.95. The minimum absolute atomic E-state index is 0.935. The summed E-state index contributed by atoms with van der Waals surface area (Å²) in [6.07, 6.45) is 0. The first-order valence-electron chi connectivity index (χ1n) is 6.76. The number of methoxy groups -OCH3 is 1. The fourth-order valence-corrected chi connectivity index (χ4v) is 3.09. The molecular weight excluding hydrogens is 244 g/mol. The van der Waals surface area contributed by atoms with Crippen LogP contribution in [0.5, 0.6) is 5.75 Å². The Kier molecular flexibility index (Phi) is 2.40. The maximum atomic E-state index is 5.58. The van der Waals surface area contributed by atoms with Crippen molar-refractivity contribution in [1.29, 1.82) is 0 Å². The van der Waals surface area contributed by atoms with E-state index < -0.39 is 0 Å². The van der Waals surface area contributed by atoms with E-state index in [4.69, 9.17) is 4.74 Å². The molecule has 20 heavy (non-hydrogen) atoms. The van der Waals surface area contributed by atoms with Crippen LogP contribution in [0.25, 0.3) is 32.3 Å². The van der Waals surface area contributed by atoms with Crippen LogP contribution in [0.1, 0.15) is 0 Å². The zero-order valence-corrected chi connectivity index (χ0v) is 11.3. The van der Waals surface area contributed by atoms with E-state index >= 15 is 0 Å². The number of hydrogen-bond acceptors (Lipinski definition) is 1. The Hall–Kier alpha value is -2.54. The van der Waals surface area contributed by atoms with E-state index in [0.717, 1.165) is 5.75 Å². The van der Waals surface area contributed by atoms with Crippen molar-refractivity contribution in [3.63, 3.8) is 0 Å². The summed E-state index contributed by atoms with van der Waals surface area (Å²) in [6.45, 7) is 0. The van der Waals surface area contributed by atoms with Gasteiger partial charge in [-0.15, -0.1) is 0 Å². The molecule has 0 spiro atoms. The molecule has 0 radical (unpaired) electrons. The fraction of sp³-hybridized carbons (Fsp3) is 0.0526. The lowest BCUT2D eigenvalue weighted by Crippen LogP contribution is -1.88. The topological polar surface area (TPSA) is 9.23 Å². The molecule has 0 fully saturated rings. The van der Waals surface area contributed by atoms with Crippen LogP contribution in [0.15, 0.2) is 66.7 Å². The van der Waals surface area contributed by atoms with Gasteiger partial charge in [-0.25, -0.2) is 0 Å². The predicted octanol–water partition coefficient (Wildman–Crippen LogP) is 5.15. The molecule has 0 unspecified atom stereocenters. The summed E-state index contributed by atoms with van der Waals surface area (Å²) < 4.78 is 5.58. The molecule has 0 saturated heterocycles. The van der Waals surface area contributed by atoms with Crippen molar-refractivity contribution in [3.8, 4) is 5.75 Å². The quantitative estimate of drug-likeness (QED) is 0.429. The highest BCUT2D eigenvalue weighted by atomic mass is 16.5. The standard InChI is InChI=1S/C19H14O/c1-20-18-12-6-11-17-15-8-3-2-7-13(15)14-9-4-5-10-16(14)19(17)18/h2-12H,1H3. The van der Waals surface area contributed by atoms with Gasteiger partial charge in [0.25, 0.3) is 0 Å². The molecule has 0 aliphatic heterocycles. The summed E-state index contributed by atoms with van der Waals surface area (Å²) in [5.41, 5.74) is 0. The molecule has 4 aromatic carbocycles. The molecule has 1 heteroatoms. The molecule has 0 atom stereocenters.